The molecular weight excluding hydrogens is 254 g/mol. The van der Waals surface area contributed by atoms with Crippen molar-refractivity contribution in [2.75, 3.05) is 0 Å². The van der Waals surface area contributed by atoms with E-state index in [-0.39, 0.29) is 0 Å². The predicted octanol–water partition coefficient (Wildman–Crippen LogP) is 4.80. The fourth-order valence-corrected chi connectivity index (χ4v) is 6.13. The highest BCUT2D eigenvalue weighted by Gasteiger charge is 2.49. The minimum atomic E-state index is 0.471. The third-order valence-corrected chi connectivity index (χ3v) is 6.69. The topological polar surface area (TPSA) is 12.0 Å². The summed E-state index contributed by atoms with van der Waals surface area (Å²) in [5.74, 6) is 5.15. The third-order valence-electron chi connectivity index (χ3n) is 6.69. The predicted molar refractivity (Wildman–Crippen MR) is 88.0 cm³/mol. The third kappa shape index (κ3) is 2.54. The van der Waals surface area contributed by atoms with Crippen LogP contribution in [0.15, 0.2) is 30.3 Å². The lowest BCUT2D eigenvalue weighted by molar-refractivity contribution is -0.0504. The van der Waals surface area contributed by atoms with E-state index in [2.05, 4.69) is 49.5 Å². The second-order valence-electron chi connectivity index (χ2n) is 8.10. The van der Waals surface area contributed by atoms with Gasteiger partial charge in [-0.1, -0.05) is 30.3 Å². The fraction of sp³-hybridized carbons (Fsp3) is 0.700. The number of hydrogen-bond acceptors (Lipinski definition) is 1. The summed E-state index contributed by atoms with van der Waals surface area (Å²) in [4.78, 5) is 0. The van der Waals surface area contributed by atoms with Crippen LogP contribution in [-0.2, 0) is 0 Å². The number of hydrogen-bond donors (Lipinski definition) is 1. The summed E-state index contributed by atoms with van der Waals surface area (Å²) in [5.41, 5.74) is 1.42. The molecule has 0 aromatic heterocycles. The van der Waals surface area contributed by atoms with Crippen LogP contribution < -0.4 is 5.32 Å². The Bertz CT molecular complexity index is 452. The molecule has 4 aliphatic carbocycles. The highest BCUT2D eigenvalue weighted by Crippen LogP contribution is 2.57. The lowest BCUT2D eigenvalue weighted by Gasteiger charge is -2.56. The molecule has 4 fully saturated rings. The van der Waals surface area contributed by atoms with Gasteiger partial charge in [-0.25, -0.2) is 0 Å². The molecule has 0 amide bonds. The van der Waals surface area contributed by atoms with Crippen LogP contribution in [0.1, 0.15) is 57.6 Å². The lowest BCUT2D eigenvalue weighted by Crippen LogP contribution is -2.52. The maximum Gasteiger partial charge on any atom is 0.0294 e. The first-order valence-corrected chi connectivity index (χ1v) is 9.01. The van der Waals surface area contributed by atoms with Gasteiger partial charge >= 0.3 is 0 Å². The van der Waals surface area contributed by atoms with Crippen molar-refractivity contribution >= 4 is 0 Å². The Kier molecular flexibility index (Phi) is 3.57. The Morgan fingerprint density at radius 2 is 1.43 bits per heavy atom. The average Bonchev–Trinajstić information content (AvgIpc) is 2.47. The van der Waals surface area contributed by atoms with Crippen LogP contribution >= 0.6 is 0 Å². The van der Waals surface area contributed by atoms with E-state index in [1.54, 1.807) is 6.42 Å². The van der Waals surface area contributed by atoms with Gasteiger partial charge in [0.05, 0.1) is 0 Å². The van der Waals surface area contributed by atoms with Crippen molar-refractivity contribution in [2.45, 2.75) is 58.0 Å². The van der Waals surface area contributed by atoms with Gasteiger partial charge in [-0.2, -0.15) is 0 Å². The van der Waals surface area contributed by atoms with Crippen molar-refractivity contribution in [2.24, 2.45) is 29.6 Å². The smallest absolute Gasteiger partial charge is 0.0294 e. The summed E-state index contributed by atoms with van der Waals surface area (Å²) in [6.45, 7) is 4.77. The highest BCUT2D eigenvalue weighted by molar-refractivity contribution is 5.18. The molecule has 1 nitrogen and oxygen atoms in total. The summed E-state index contributed by atoms with van der Waals surface area (Å²) in [6.07, 6.45) is 7.68. The van der Waals surface area contributed by atoms with Gasteiger partial charge in [0.2, 0.25) is 0 Å². The molecule has 0 aliphatic heterocycles. The molecule has 1 aromatic carbocycles. The molecule has 0 saturated heterocycles. The first kappa shape index (κ1) is 13.8. The summed E-state index contributed by atoms with van der Waals surface area (Å²) in [6, 6.07) is 12.1. The minimum Gasteiger partial charge on any atom is -0.307 e. The number of benzene rings is 1. The van der Waals surface area contributed by atoms with Gasteiger partial charge in [-0.05, 0) is 81.1 Å². The van der Waals surface area contributed by atoms with Crippen molar-refractivity contribution in [1.82, 2.24) is 5.32 Å². The molecule has 114 valence electrons. The molecule has 1 aromatic rings. The monoisotopic (exact) mass is 283 g/mol. The summed E-state index contributed by atoms with van der Waals surface area (Å²) in [7, 11) is 0. The average molecular weight is 283 g/mol. The molecule has 0 radical (unpaired) electrons. The molecule has 4 bridgehead atoms. The van der Waals surface area contributed by atoms with Gasteiger partial charge in [-0.15, -0.1) is 0 Å². The minimum absolute atomic E-state index is 0.471. The molecule has 2 atom stereocenters. The Balaban J connectivity index is 1.44. The van der Waals surface area contributed by atoms with Crippen LogP contribution in [0, 0.1) is 29.6 Å². The second-order valence-corrected chi connectivity index (χ2v) is 8.10. The first-order chi connectivity index (χ1) is 10.2. The Morgan fingerprint density at radius 3 is 2.00 bits per heavy atom. The van der Waals surface area contributed by atoms with Crippen LogP contribution in [0.2, 0.25) is 0 Å². The van der Waals surface area contributed by atoms with Gasteiger partial charge < -0.3 is 5.32 Å². The van der Waals surface area contributed by atoms with Gasteiger partial charge in [0.15, 0.2) is 0 Å². The van der Waals surface area contributed by atoms with Crippen LogP contribution in [0.25, 0.3) is 0 Å². The van der Waals surface area contributed by atoms with Gasteiger partial charge in [0, 0.05) is 12.1 Å². The summed E-state index contributed by atoms with van der Waals surface area (Å²) < 4.78 is 0. The highest BCUT2D eigenvalue weighted by atomic mass is 15.0. The standard InChI is InChI=1S/C20H29N/c1-13(17-6-4-3-5-7-17)21-14(2)20-18-9-15-8-16(11-18)12-19(20)10-15/h3-7,13-16,18-21H,8-12H2,1-2H3/t13-,14-,15?,16?,18?,19?,20?/m1/s1. The molecule has 0 spiro atoms. The van der Waals surface area contributed by atoms with Crippen molar-refractivity contribution in [3.8, 4) is 0 Å². The molecule has 1 N–H and O–H groups in total. The Morgan fingerprint density at radius 1 is 0.857 bits per heavy atom. The first-order valence-electron chi connectivity index (χ1n) is 9.01. The molecule has 0 heterocycles. The quantitative estimate of drug-likeness (QED) is 0.837. The van der Waals surface area contributed by atoms with E-state index in [4.69, 9.17) is 0 Å². The van der Waals surface area contributed by atoms with Crippen LogP contribution in [0.3, 0.4) is 0 Å². The van der Waals surface area contributed by atoms with Gasteiger partial charge in [0.1, 0.15) is 0 Å². The maximum atomic E-state index is 3.92. The Hall–Kier alpha value is -0.820. The number of nitrogens with one attached hydrogen (secondary N) is 1. The molecule has 4 aliphatic rings. The van der Waals surface area contributed by atoms with Crippen molar-refractivity contribution in [1.29, 1.82) is 0 Å². The van der Waals surface area contributed by atoms with E-state index in [9.17, 15) is 0 Å². The zero-order chi connectivity index (χ0) is 14.4. The van der Waals surface area contributed by atoms with Crippen LogP contribution in [0.4, 0.5) is 0 Å². The zero-order valence-electron chi connectivity index (χ0n) is 13.5. The second kappa shape index (κ2) is 5.43. The molecule has 21 heavy (non-hydrogen) atoms. The van der Waals surface area contributed by atoms with E-state index in [1.807, 2.05) is 0 Å². The van der Waals surface area contributed by atoms with E-state index < -0.39 is 0 Å². The summed E-state index contributed by atoms with van der Waals surface area (Å²) in [5, 5.41) is 3.92. The molecule has 0 unspecified atom stereocenters. The molecule has 1 heteroatoms. The normalized spacial score (nSPS) is 40.2. The Labute approximate surface area is 129 Å². The van der Waals surface area contributed by atoms with Crippen LogP contribution in [0.5, 0.6) is 0 Å². The van der Waals surface area contributed by atoms with Crippen molar-refractivity contribution < 1.29 is 0 Å². The zero-order valence-corrected chi connectivity index (χ0v) is 13.5. The maximum absolute atomic E-state index is 3.92. The fourth-order valence-electron chi connectivity index (χ4n) is 6.13. The van der Waals surface area contributed by atoms with E-state index in [0.717, 1.165) is 29.6 Å². The molecule has 5 rings (SSSR count). The molecular formula is C20H29N. The largest absolute Gasteiger partial charge is 0.307 e. The van der Waals surface area contributed by atoms with Crippen LogP contribution in [-0.4, -0.2) is 6.04 Å². The lowest BCUT2D eigenvalue weighted by atomic mass is 9.50. The summed E-state index contributed by atoms with van der Waals surface area (Å²) >= 11 is 0. The van der Waals surface area contributed by atoms with Gasteiger partial charge in [-0.3, -0.25) is 0 Å². The number of rotatable bonds is 4. The SMILES string of the molecule is C[C@@H](N[C@H](C)C1C2CC3CC(C2)CC1C3)c1ccccc1. The van der Waals surface area contributed by atoms with E-state index in [0.29, 0.717) is 12.1 Å². The van der Waals surface area contributed by atoms with Gasteiger partial charge in [0.25, 0.3) is 0 Å². The van der Waals surface area contributed by atoms with E-state index in [1.165, 1.54) is 31.2 Å². The van der Waals surface area contributed by atoms with Crippen molar-refractivity contribution in [3.05, 3.63) is 35.9 Å². The molecule has 4 saturated carbocycles. The van der Waals surface area contributed by atoms with Crippen molar-refractivity contribution in [3.63, 3.8) is 0 Å². The van der Waals surface area contributed by atoms with E-state index >= 15 is 0 Å².